The standard InChI is InChI=1S/C14H21NO2S/c1-16-12-5-3-4-6-13(12)17-10-9-15-11-14(18-2)7-8-14/h3-6,15H,7-11H2,1-2H3. The van der Waals surface area contributed by atoms with Gasteiger partial charge in [-0.3, -0.25) is 0 Å². The van der Waals surface area contributed by atoms with Gasteiger partial charge >= 0.3 is 0 Å². The molecule has 4 heteroatoms. The van der Waals surface area contributed by atoms with Gasteiger partial charge in [0, 0.05) is 17.8 Å². The zero-order valence-corrected chi connectivity index (χ0v) is 11.9. The Morgan fingerprint density at radius 1 is 1.28 bits per heavy atom. The first-order valence-corrected chi connectivity index (χ1v) is 7.54. The number of methoxy groups -OCH3 is 1. The summed E-state index contributed by atoms with van der Waals surface area (Å²) in [5, 5.41) is 3.46. The number of ether oxygens (including phenoxy) is 2. The van der Waals surface area contributed by atoms with Crippen molar-refractivity contribution in [3.63, 3.8) is 0 Å². The molecule has 1 aromatic carbocycles. The van der Waals surface area contributed by atoms with E-state index in [1.165, 1.54) is 12.8 Å². The molecule has 0 heterocycles. The Labute approximate surface area is 113 Å². The highest BCUT2D eigenvalue weighted by molar-refractivity contribution is 8.00. The van der Waals surface area contributed by atoms with Gasteiger partial charge in [0.15, 0.2) is 11.5 Å². The molecule has 0 bridgehead atoms. The van der Waals surface area contributed by atoms with E-state index < -0.39 is 0 Å². The van der Waals surface area contributed by atoms with E-state index in [4.69, 9.17) is 9.47 Å². The maximum Gasteiger partial charge on any atom is 0.161 e. The summed E-state index contributed by atoms with van der Waals surface area (Å²) < 4.78 is 11.5. The lowest BCUT2D eigenvalue weighted by Gasteiger charge is -2.14. The monoisotopic (exact) mass is 267 g/mol. The third-order valence-corrected chi connectivity index (χ3v) is 4.71. The van der Waals surface area contributed by atoms with E-state index in [0.717, 1.165) is 24.6 Å². The number of benzene rings is 1. The Balaban J connectivity index is 1.66. The van der Waals surface area contributed by atoms with Crippen LogP contribution in [0.15, 0.2) is 24.3 Å². The van der Waals surface area contributed by atoms with Crippen LogP contribution in [0.2, 0.25) is 0 Å². The van der Waals surface area contributed by atoms with Gasteiger partial charge in [-0.05, 0) is 31.2 Å². The molecule has 0 unspecified atom stereocenters. The van der Waals surface area contributed by atoms with Gasteiger partial charge in [-0.15, -0.1) is 0 Å². The van der Waals surface area contributed by atoms with Gasteiger partial charge < -0.3 is 14.8 Å². The number of thioether (sulfide) groups is 1. The summed E-state index contributed by atoms with van der Waals surface area (Å²) in [6, 6.07) is 7.75. The van der Waals surface area contributed by atoms with Crippen LogP contribution in [0, 0.1) is 0 Å². The van der Waals surface area contributed by atoms with Crippen molar-refractivity contribution in [1.82, 2.24) is 5.32 Å². The quantitative estimate of drug-likeness (QED) is 0.733. The highest BCUT2D eigenvalue weighted by Crippen LogP contribution is 2.46. The second-order valence-electron chi connectivity index (χ2n) is 4.56. The fourth-order valence-corrected chi connectivity index (χ4v) is 2.64. The molecule has 0 saturated heterocycles. The van der Waals surface area contributed by atoms with Crippen molar-refractivity contribution in [3.05, 3.63) is 24.3 Å². The molecule has 1 saturated carbocycles. The van der Waals surface area contributed by atoms with Crippen LogP contribution < -0.4 is 14.8 Å². The average molecular weight is 267 g/mol. The topological polar surface area (TPSA) is 30.5 Å². The lowest BCUT2D eigenvalue weighted by molar-refractivity contribution is 0.292. The van der Waals surface area contributed by atoms with E-state index in [2.05, 4.69) is 11.6 Å². The van der Waals surface area contributed by atoms with Crippen molar-refractivity contribution < 1.29 is 9.47 Å². The van der Waals surface area contributed by atoms with Crippen molar-refractivity contribution in [2.24, 2.45) is 0 Å². The molecule has 0 amide bonds. The molecule has 1 fully saturated rings. The summed E-state index contributed by atoms with van der Waals surface area (Å²) >= 11 is 1.98. The largest absolute Gasteiger partial charge is 0.493 e. The van der Waals surface area contributed by atoms with E-state index >= 15 is 0 Å². The lowest BCUT2D eigenvalue weighted by atomic mass is 10.3. The zero-order valence-electron chi connectivity index (χ0n) is 11.1. The van der Waals surface area contributed by atoms with Crippen LogP contribution in [0.4, 0.5) is 0 Å². The van der Waals surface area contributed by atoms with E-state index in [1.54, 1.807) is 7.11 Å². The van der Waals surface area contributed by atoms with Gasteiger partial charge in [-0.2, -0.15) is 11.8 Å². The molecular weight excluding hydrogens is 246 g/mol. The predicted octanol–water partition coefficient (Wildman–Crippen LogP) is 2.56. The van der Waals surface area contributed by atoms with Crippen molar-refractivity contribution in [1.29, 1.82) is 0 Å². The average Bonchev–Trinajstić information content (AvgIpc) is 3.19. The van der Waals surface area contributed by atoms with Crippen LogP contribution in [0.3, 0.4) is 0 Å². The van der Waals surface area contributed by atoms with E-state index in [9.17, 15) is 0 Å². The molecule has 1 aliphatic carbocycles. The molecule has 0 aromatic heterocycles. The fraction of sp³-hybridized carbons (Fsp3) is 0.571. The number of rotatable bonds is 8. The maximum atomic E-state index is 5.70. The minimum absolute atomic E-state index is 0.518. The van der Waals surface area contributed by atoms with Crippen molar-refractivity contribution in [2.45, 2.75) is 17.6 Å². The molecule has 18 heavy (non-hydrogen) atoms. The van der Waals surface area contributed by atoms with Crippen LogP contribution in [0.25, 0.3) is 0 Å². The number of hydrogen-bond acceptors (Lipinski definition) is 4. The first-order chi connectivity index (χ1) is 8.79. The van der Waals surface area contributed by atoms with Crippen molar-refractivity contribution in [2.75, 3.05) is 33.1 Å². The van der Waals surface area contributed by atoms with E-state index in [-0.39, 0.29) is 0 Å². The van der Waals surface area contributed by atoms with Crippen LogP contribution in [-0.2, 0) is 0 Å². The Hall–Kier alpha value is -0.870. The van der Waals surface area contributed by atoms with Gasteiger partial charge in [-0.1, -0.05) is 12.1 Å². The molecule has 0 aliphatic heterocycles. The summed E-state index contributed by atoms with van der Waals surface area (Å²) in [6.45, 7) is 2.63. The fourth-order valence-electron chi connectivity index (χ4n) is 1.88. The molecular formula is C14H21NO2S. The first kappa shape index (κ1) is 13.6. The molecule has 1 aromatic rings. The van der Waals surface area contributed by atoms with Crippen molar-refractivity contribution >= 4 is 11.8 Å². The molecule has 0 spiro atoms. The number of hydrogen-bond donors (Lipinski definition) is 1. The summed E-state index contributed by atoms with van der Waals surface area (Å²) in [5.41, 5.74) is 0. The Morgan fingerprint density at radius 3 is 2.61 bits per heavy atom. The molecule has 1 aliphatic rings. The summed E-state index contributed by atoms with van der Waals surface area (Å²) in [6.07, 6.45) is 4.88. The Kier molecular flexibility index (Phi) is 4.78. The zero-order chi connectivity index (χ0) is 12.8. The highest BCUT2D eigenvalue weighted by Gasteiger charge is 2.41. The van der Waals surface area contributed by atoms with E-state index in [0.29, 0.717) is 11.4 Å². The second-order valence-corrected chi connectivity index (χ2v) is 5.84. The lowest BCUT2D eigenvalue weighted by Crippen LogP contribution is -2.29. The molecule has 0 atom stereocenters. The summed E-state index contributed by atoms with van der Waals surface area (Å²) in [5.74, 6) is 1.60. The minimum Gasteiger partial charge on any atom is -0.493 e. The molecule has 3 nitrogen and oxygen atoms in total. The maximum absolute atomic E-state index is 5.70. The SMILES string of the molecule is COc1ccccc1OCCNCC1(SC)CC1. The van der Waals surface area contributed by atoms with Gasteiger partial charge in [0.25, 0.3) is 0 Å². The van der Waals surface area contributed by atoms with E-state index in [1.807, 2.05) is 36.0 Å². The van der Waals surface area contributed by atoms with Crippen LogP contribution >= 0.6 is 11.8 Å². The third kappa shape index (κ3) is 3.56. The molecule has 100 valence electrons. The van der Waals surface area contributed by atoms with Crippen LogP contribution in [-0.4, -0.2) is 37.8 Å². The van der Waals surface area contributed by atoms with Gasteiger partial charge in [-0.25, -0.2) is 0 Å². The Morgan fingerprint density at radius 2 is 2.00 bits per heavy atom. The van der Waals surface area contributed by atoms with Crippen molar-refractivity contribution in [3.8, 4) is 11.5 Å². The van der Waals surface area contributed by atoms with Crippen LogP contribution in [0.5, 0.6) is 11.5 Å². The molecule has 2 rings (SSSR count). The molecule has 0 radical (unpaired) electrons. The number of para-hydroxylation sites is 2. The normalized spacial score (nSPS) is 16.3. The second kappa shape index (κ2) is 6.34. The predicted molar refractivity (Wildman–Crippen MR) is 76.8 cm³/mol. The highest BCUT2D eigenvalue weighted by atomic mass is 32.2. The smallest absolute Gasteiger partial charge is 0.161 e. The Bertz CT molecular complexity index is 380. The minimum atomic E-state index is 0.518. The summed E-state index contributed by atoms with van der Waals surface area (Å²) in [4.78, 5) is 0. The van der Waals surface area contributed by atoms with Gasteiger partial charge in [0.05, 0.1) is 7.11 Å². The summed E-state index contributed by atoms with van der Waals surface area (Å²) in [7, 11) is 1.66. The first-order valence-electron chi connectivity index (χ1n) is 6.31. The molecule has 1 N–H and O–H groups in total. The number of nitrogens with one attached hydrogen (secondary N) is 1. The van der Waals surface area contributed by atoms with Gasteiger partial charge in [0.2, 0.25) is 0 Å². The third-order valence-electron chi connectivity index (χ3n) is 3.29. The van der Waals surface area contributed by atoms with Crippen LogP contribution in [0.1, 0.15) is 12.8 Å². The van der Waals surface area contributed by atoms with Gasteiger partial charge in [0.1, 0.15) is 6.61 Å².